The van der Waals surface area contributed by atoms with Gasteiger partial charge < -0.3 is 5.32 Å². The number of anilines is 1. The zero-order valence-electron chi connectivity index (χ0n) is 12.0. The highest BCUT2D eigenvalue weighted by Crippen LogP contribution is 2.29. The van der Waals surface area contributed by atoms with Gasteiger partial charge in [-0.2, -0.15) is 0 Å². The van der Waals surface area contributed by atoms with Crippen LogP contribution in [0.4, 0.5) is 5.82 Å². The summed E-state index contributed by atoms with van der Waals surface area (Å²) in [7, 11) is -3.57. The molecule has 1 aliphatic carbocycles. The van der Waals surface area contributed by atoms with Gasteiger partial charge in [0.25, 0.3) is 10.0 Å². The first-order chi connectivity index (χ1) is 10.1. The average molecular weight is 308 g/mol. The van der Waals surface area contributed by atoms with Gasteiger partial charge in [-0.05, 0) is 37.3 Å². The van der Waals surface area contributed by atoms with Gasteiger partial charge in [-0.15, -0.1) is 0 Å². The van der Waals surface area contributed by atoms with Gasteiger partial charge in [0.05, 0.1) is 0 Å². The van der Waals surface area contributed by atoms with Crippen molar-refractivity contribution in [1.82, 2.24) is 14.1 Å². The number of hydrogen-bond donors (Lipinski definition) is 2. The van der Waals surface area contributed by atoms with Gasteiger partial charge in [0.2, 0.25) is 0 Å². The van der Waals surface area contributed by atoms with E-state index in [0.717, 1.165) is 19.3 Å². The summed E-state index contributed by atoms with van der Waals surface area (Å²) in [5, 5.41) is 3.31. The Morgan fingerprint density at radius 3 is 2.90 bits per heavy atom. The molecule has 0 atom stereocenters. The van der Waals surface area contributed by atoms with E-state index in [1.165, 1.54) is 0 Å². The van der Waals surface area contributed by atoms with Crippen molar-refractivity contribution >= 4 is 21.5 Å². The molecular formula is C14H20N4O2S. The van der Waals surface area contributed by atoms with Crippen molar-refractivity contribution < 1.29 is 8.42 Å². The third-order valence-electron chi connectivity index (χ3n) is 3.54. The molecule has 114 valence electrons. The van der Waals surface area contributed by atoms with E-state index in [0.29, 0.717) is 30.5 Å². The number of sulfonamides is 1. The SMILES string of the molecule is CCCNc1nc2ccccn2c1S(=O)(=O)NCC1CC1. The number of pyridine rings is 1. The number of nitrogens with one attached hydrogen (secondary N) is 2. The summed E-state index contributed by atoms with van der Waals surface area (Å²) < 4.78 is 29.5. The van der Waals surface area contributed by atoms with E-state index in [2.05, 4.69) is 15.0 Å². The standard InChI is InChI=1S/C14H20N4O2S/c1-2-8-15-13-14(18-9-4-3-5-12(18)17-13)21(19,20)16-10-11-6-7-11/h3-5,9,11,15-16H,2,6-8,10H2,1H3. The molecule has 0 bridgehead atoms. The van der Waals surface area contributed by atoms with Crippen LogP contribution < -0.4 is 10.0 Å². The van der Waals surface area contributed by atoms with Crippen LogP contribution in [0, 0.1) is 5.92 Å². The molecule has 3 rings (SSSR count). The van der Waals surface area contributed by atoms with Crippen molar-refractivity contribution in [2.24, 2.45) is 5.92 Å². The summed E-state index contributed by atoms with van der Waals surface area (Å²) in [6.07, 6.45) is 4.85. The first-order valence-corrected chi connectivity index (χ1v) is 8.81. The van der Waals surface area contributed by atoms with E-state index in [9.17, 15) is 8.42 Å². The smallest absolute Gasteiger partial charge is 0.260 e. The summed E-state index contributed by atoms with van der Waals surface area (Å²) in [4.78, 5) is 4.39. The molecule has 2 heterocycles. The molecule has 2 N–H and O–H groups in total. The van der Waals surface area contributed by atoms with Gasteiger partial charge in [0.15, 0.2) is 10.8 Å². The number of aromatic nitrogens is 2. The molecule has 1 saturated carbocycles. The summed E-state index contributed by atoms with van der Waals surface area (Å²) in [5.41, 5.74) is 0.628. The minimum Gasteiger partial charge on any atom is -0.368 e. The normalized spacial score (nSPS) is 15.5. The number of hydrogen-bond acceptors (Lipinski definition) is 4. The monoisotopic (exact) mass is 308 g/mol. The molecule has 1 aliphatic rings. The lowest BCUT2D eigenvalue weighted by atomic mass is 10.4. The maximum atomic E-state index is 12.6. The Balaban J connectivity index is 2.00. The van der Waals surface area contributed by atoms with E-state index in [1.807, 2.05) is 13.0 Å². The lowest BCUT2D eigenvalue weighted by molar-refractivity contribution is 0.573. The fourth-order valence-electron chi connectivity index (χ4n) is 2.21. The summed E-state index contributed by atoms with van der Waals surface area (Å²) in [6, 6.07) is 5.45. The minimum absolute atomic E-state index is 0.201. The summed E-state index contributed by atoms with van der Waals surface area (Å²) in [6.45, 7) is 3.23. The zero-order valence-corrected chi connectivity index (χ0v) is 12.9. The number of imidazole rings is 1. The maximum Gasteiger partial charge on any atom is 0.260 e. The molecule has 0 spiro atoms. The molecule has 0 aromatic carbocycles. The molecule has 1 fully saturated rings. The van der Waals surface area contributed by atoms with Crippen molar-refractivity contribution in [2.75, 3.05) is 18.4 Å². The van der Waals surface area contributed by atoms with Gasteiger partial charge in [0, 0.05) is 19.3 Å². The van der Waals surface area contributed by atoms with Gasteiger partial charge in [0.1, 0.15) is 5.65 Å². The molecule has 0 aliphatic heterocycles. The Hall–Kier alpha value is -1.60. The summed E-state index contributed by atoms with van der Waals surface area (Å²) in [5.74, 6) is 0.914. The highest BCUT2D eigenvalue weighted by atomic mass is 32.2. The van der Waals surface area contributed by atoms with E-state index in [-0.39, 0.29) is 5.03 Å². The van der Waals surface area contributed by atoms with Gasteiger partial charge >= 0.3 is 0 Å². The largest absolute Gasteiger partial charge is 0.368 e. The third kappa shape index (κ3) is 3.03. The van der Waals surface area contributed by atoms with Crippen LogP contribution >= 0.6 is 0 Å². The van der Waals surface area contributed by atoms with E-state index >= 15 is 0 Å². The van der Waals surface area contributed by atoms with E-state index in [1.54, 1.807) is 22.7 Å². The van der Waals surface area contributed by atoms with Crippen LogP contribution in [-0.4, -0.2) is 30.9 Å². The number of rotatable bonds is 7. The Kier molecular flexibility index (Phi) is 3.86. The fraction of sp³-hybridized carbons (Fsp3) is 0.500. The maximum absolute atomic E-state index is 12.6. The molecule has 7 heteroatoms. The fourth-order valence-corrected chi connectivity index (χ4v) is 3.58. The second kappa shape index (κ2) is 5.65. The molecular weight excluding hydrogens is 288 g/mol. The molecule has 2 aromatic rings. The van der Waals surface area contributed by atoms with Crippen LogP contribution in [0.15, 0.2) is 29.4 Å². The Morgan fingerprint density at radius 2 is 2.19 bits per heavy atom. The van der Waals surface area contributed by atoms with E-state index in [4.69, 9.17) is 0 Å². The molecule has 6 nitrogen and oxygen atoms in total. The Bertz CT molecular complexity index is 735. The predicted molar refractivity (Wildman–Crippen MR) is 81.9 cm³/mol. The molecule has 0 unspecified atom stereocenters. The highest BCUT2D eigenvalue weighted by Gasteiger charge is 2.28. The van der Waals surface area contributed by atoms with Gasteiger partial charge in [-0.1, -0.05) is 13.0 Å². The van der Waals surface area contributed by atoms with E-state index < -0.39 is 10.0 Å². The summed E-state index contributed by atoms with van der Waals surface area (Å²) >= 11 is 0. The van der Waals surface area contributed by atoms with Crippen LogP contribution in [-0.2, 0) is 10.0 Å². The van der Waals surface area contributed by atoms with Crippen LogP contribution in [0.2, 0.25) is 0 Å². The number of fused-ring (bicyclic) bond motifs is 1. The molecule has 0 saturated heterocycles. The lowest BCUT2D eigenvalue weighted by Crippen LogP contribution is -2.27. The number of nitrogens with zero attached hydrogens (tertiary/aromatic N) is 2. The molecule has 0 radical (unpaired) electrons. The Morgan fingerprint density at radius 1 is 1.38 bits per heavy atom. The molecule has 21 heavy (non-hydrogen) atoms. The van der Waals surface area contributed by atoms with Crippen molar-refractivity contribution in [3.8, 4) is 0 Å². The highest BCUT2D eigenvalue weighted by molar-refractivity contribution is 7.89. The van der Waals surface area contributed by atoms with Crippen LogP contribution in [0.25, 0.3) is 5.65 Å². The zero-order chi connectivity index (χ0) is 14.9. The Labute approximate surface area is 124 Å². The van der Waals surface area contributed by atoms with Crippen molar-refractivity contribution in [2.45, 2.75) is 31.2 Å². The molecule has 2 aromatic heterocycles. The quantitative estimate of drug-likeness (QED) is 0.818. The second-order valence-corrected chi connectivity index (χ2v) is 7.10. The van der Waals surface area contributed by atoms with Crippen LogP contribution in [0.3, 0.4) is 0 Å². The minimum atomic E-state index is -3.57. The topological polar surface area (TPSA) is 75.5 Å². The predicted octanol–water partition coefficient (Wildman–Crippen LogP) is 1.84. The lowest BCUT2D eigenvalue weighted by Gasteiger charge is -2.09. The van der Waals surface area contributed by atoms with Crippen molar-refractivity contribution in [1.29, 1.82) is 0 Å². The van der Waals surface area contributed by atoms with Crippen molar-refractivity contribution in [3.63, 3.8) is 0 Å². The first-order valence-electron chi connectivity index (χ1n) is 7.32. The van der Waals surface area contributed by atoms with Gasteiger partial charge in [-0.25, -0.2) is 18.1 Å². The van der Waals surface area contributed by atoms with Gasteiger partial charge in [-0.3, -0.25) is 4.40 Å². The van der Waals surface area contributed by atoms with Crippen LogP contribution in [0.1, 0.15) is 26.2 Å². The first kappa shape index (κ1) is 14.3. The van der Waals surface area contributed by atoms with Crippen molar-refractivity contribution in [3.05, 3.63) is 24.4 Å². The van der Waals surface area contributed by atoms with Crippen LogP contribution in [0.5, 0.6) is 0 Å². The average Bonchev–Trinajstić information content (AvgIpc) is 3.22. The third-order valence-corrected chi connectivity index (χ3v) is 4.99. The molecule has 0 amide bonds. The second-order valence-electron chi connectivity index (χ2n) is 5.42.